The first-order valence-corrected chi connectivity index (χ1v) is 7.66. The molecule has 0 radical (unpaired) electrons. The molecule has 1 unspecified atom stereocenters. The molecule has 0 saturated heterocycles. The molecular formula is C17H15F2NS. The van der Waals surface area contributed by atoms with E-state index in [2.05, 4.69) is 22.8 Å². The molecule has 0 aliphatic rings. The maximum absolute atomic E-state index is 13.7. The van der Waals surface area contributed by atoms with E-state index in [4.69, 9.17) is 0 Å². The first kappa shape index (κ1) is 14.2. The van der Waals surface area contributed by atoms with E-state index in [9.17, 15) is 8.78 Å². The molecule has 0 fully saturated rings. The Morgan fingerprint density at radius 2 is 1.95 bits per heavy atom. The summed E-state index contributed by atoms with van der Waals surface area (Å²) in [6.45, 7) is 2.53. The minimum Gasteiger partial charge on any atom is -0.306 e. The second-order valence-corrected chi connectivity index (χ2v) is 5.94. The van der Waals surface area contributed by atoms with Gasteiger partial charge in [0, 0.05) is 28.9 Å². The van der Waals surface area contributed by atoms with Crippen LogP contribution in [0, 0.1) is 11.6 Å². The Labute approximate surface area is 126 Å². The number of nitrogens with one attached hydrogen (secondary N) is 1. The van der Waals surface area contributed by atoms with Gasteiger partial charge in [-0.1, -0.05) is 24.3 Å². The van der Waals surface area contributed by atoms with E-state index in [1.807, 2.05) is 19.1 Å². The van der Waals surface area contributed by atoms with Crippen LogP contribution in [0.15, 0.2) is 47.8 Å². The quantitative estimate of drug-likeness (QED) is 0.713. The van der Waals surface area contributed by atoms with Crippen LogP contribution >= 0.6 is 11.3 Å². The lowest BCUT2D eigenvalue weighted by Gasteiger charge is -2.15. The summed E-state index contributed by atoms with van der Waals surface area (Å²) in [5.74, 6) is -1.06. The molecule has 1 atom stereocenters. The summed E-state index contributed by atoms with van der Waals surface area (Å²) in [6.07, 6.45) is 0. The van der Waals surface area contributed by atoms with Gasteiger partial charge in [-0.3, -0.25) is 0 Å². The average Bonchev–Trinajstić information content (AvgIpc) is 2.88. The van der Waals surface area contributed by atoms with Crippen LogP contribution in [0.4, 0.5) is 8.78 Å². The first-order valence-electron chi connectivity index (χ1n) is 6.78. The van der Waals surface area contributed by atoms with Gasteiger partial charge in [-0.25, -0.2) is 8.78 Å². The fourth-order valence-corrected chi connectivity index (χ4v) is 3.36. The minimum absolute atomic E-state index is 0.177. The van der Waals surface area contributed by atoms with Crippen LogP contribution in [0.1, 0.15) is 24.1 Å². The number of fused-ring (bicyclic) bond motifs is 1. The summed E-state index contributed by atoms with van der Waals surface area (Å²) in [7, 11) is 0. The molecule has 1 heterocycles. The molecule has 4 heteroatoms. The molecule has 21 heavy (non-hydrogen) atoms. The second kappa shape index (κ2) is 5.92. The molecule has 3 aromatic rings. The third-order valence-electron chi connectivity index (χ3n) is 3.59. The molecule has 0 saturated carbocycles. The SMILES string of the molecule is CC(NCc1csc2ccccc12)c1ccc(F)cc1F. The summed E-state index contributed by atoms with van der Waals surface area (Å²) in [5.41, 5.74) is 1.68. The fourth-order valence-electron chi connectivity index (χ4n) is 2.40. The van der Waals surface area contributed by atoms with Gasteiger partial charge >= 0.3 is 0 Å². The summed E-state index contributed by atoms with van der Waals surface area (Å²) in [6, 6.07) is 11.7. The van der Waals surface area contributed by atoms with E-state index in [0.29, 0.717) is 12.1 Å². The zero-order chi connectivity index (χ0) is 14.8. The van der Waals surface area contributed by atoms with Crippen molar-refractivity contribution in [1.82, 2.24) is 5.32 Å². The van der Waals surface area contributed by atoms with Gasteiger partial charge in [-0.15, -0.1) is 11.3 Å². The summed E-state index contributed by atoms with van der Waals surface area (Å²) in [5, 5.41) is 6.64. The van der Waals surface area contributed by atoms with Gasteiger partial charge in [0.1, 0.15) is 11.6 Å². The third kappa shape index (κ3) is 2.96. The van der Waals surface area contributed by atoms with E-state index >= 15 is 0 Å². The summed E-state index contributed by atoms with van der Waals surface area (Å²) < 4.78 is 27.9. The topological polar surface area (TPSA) is 12.0 Å². The highest BCUT2D eigenvalue weighted by atomic mass is 32.1. The Morgan fingerprint density at radius 3 is 2.76 bits per heavy atom. The molecule has 0 aliphatic heterocycles. The largest absolute Gasteiger partial charge is 0.306 e. The lowest BCUT2D eigenvalue weighted by molar-refractivity contribution is 0.518. The molecule has 1 N–H and O–H groups in total. The Hall–Kier alpha value is -1.78. The highest BCUT2D eigenvalue weighted by Crippen LogP contribution is 2.26. The lowest BCUT2D eigenvalue weighted by Crippen LogP contribution is -2.19. The van der Waals surface area contributed by atoms with Gasteiger partial charge in [0.25, 0.3) is 0 Å². The van der Waals surface area contributed by atoms with E-state index in [1.54, 1.807) is 11.3 Å². The molecule has 0 amide bonds. The van der Waals surface area contributed by atoms with Gasteiger partial charge in [-0.05, 0) is 35.4 Å². The maximum atomic E-state index is 13.7. The highest BCUT2D eigenvalue weighted by Gasteiger charge is 2.12. The van der Waals surface area contributed by atoms with E-state index in [1.165, 1.54) is 27.8 Å². The van der Waals surface area contributed by atoms with Crippen LogP contribution in [0.2, 0.25) is 0 Å². The number of rotatable bonds is 4. The highest BCUT2D eigenvalue weighted by molar-refractivity contribution is 7.17. The van der Waals surface area contributed by atoms with Crippen molar-refractivity contribution in [3.8, 4) is 0 Å². The van der Waals surface area contributed by atoms with Crippen LogP contribution in [0.3, 0.4) is 0 Å². The van der Waals surface area contributed by atoms with Crippen molar-refractivity contribution in [2.75, 3.05) is 0 Å². The fraction of sp³-hybridized carbons (Fsp3) is 0.176. The molecule has 2 aromatic carbocycles. The monoisotopic (exact) mass is 303 g/mol. The molecule has 3 rings (SSSR count). The number of thiophene rings is 1. The van der Waals surface area contributed by atoms with E-state index in [0.717, 1.165) is 6.07 Å². The predicted octanol–water partition coefficient (Wildman–Crippen LogP) is 5.03. The molecule has 0 spiro atoms. The van der Waals surface area contributed by atoms with Crippen molar-refractivity contribution >= 4 is 21.4 Å². The molecule has 1 nitrogen and oxygen atoms in total. The van der Waals surface area contributed by atoms with Crippen molar-refractivity contribution in [1.29, 1.82) is 0 Å². The van der Waals surface area contributed by atoms with Crippen LogP contribution < -0.4 is 5.32 Å². The standard InChI is InChI=1S/C17H15F2NS/c1-11(14-7-6-13(18)8-16(14)19)20-9-12-10-21-17-5-3-2-4-15(12)17/h2-8,10-11,20H,9H2,1H3. The second-order valence-electron chi connectivity index (χ2n) is 5.03. The summed E-state index contributed by atoms with van der Waals surface area (Å²) >= 11 is 1.70. The number of benzene rings is 2. The molecule has 0 aliphatic carbocycles. The van der Waals surface area contributed by atoms with Gasteiger partial charge < -0.3 is 5.32 Å². The van der Waals surface area contributed by atoms with Crippen molar-refractivity contribution in [3.63, 3.8) is 0 Å². The maximum Gasteiger partial charge on any atom is 0.130 e. The predicted molar refractivity (Wildman–Crippen MR) is 83.4 cm³/mol. The zero-order valence-corrected chi connectivity index (χ0v) is 12.4. The van der Waals surface area contributed by atoms with Crippen molar-refractivity contribution in [2.24, 2.45) is 0 Å². The first-order chi connectivity index (χ1) is 10.1. The molecule has 0 bridgehead atoms. The Bertz CT molecular complexity index is 766. The van der Waals surface area contributed by atoms with E-state index < -0.39 is 11.6 Å². The smallest absolute Gasteiger partial charge is 0.130 e. The number of hydrogen-bond acceptors (Lipinski definition) is 2. The van der Waals surface area contributed by atoms with Crippen LogP contribution in [0.25, 0.3) is 10.1 Å². The van der Waals surface area contributed by atoms with Gasteiger partial charge in [0.2, 0.25) is 0 Å². The van der Waals surface area contributed by atoms with E-state index in [-0.39, 0.29) is 6.04 Å². The summed E-state index contributed by atoms with van der Waals surface area (Å²) in [4.78, 5) is 0. The van der Waals surface area contributed by atoms with Crippen molar-refractivity contribution in [2.45, 2.75) is 19.5 Å². The zero-order valence-electron chi connectivity index (χ0n) is 11.6. The van der Waals surface area contributed by atoms with Crippen LogP contribution in [0.5, 0.6) is 0 Å². The van der Waals surface area contributed by atoms with Crippen LogP contribution in [-0.2, 0) is 6.54 Å². The molecular weight excluding hydrogens is 288 g/mol. The molecule has 1 aromatic heterocycles. The Morgan fingerprint density at radius 1 is 1.14 bits per heavy atom. The van der Waals surface area contributed by atoms with Gasteiger partial charge in [0.15, 0.2) is 0 Å². The normalized spacial score (nSPS) is 12.7. The van der Waals surface area contributed by atoms with Crippen molar-refractivity contribution < 1.29 is 8.78 Å². The van der Waals surface area contributed by atoms with Gasteiger partial charge in [0.05, 0.1) is 0 Å². The lowest BCUT2D eigenvalue weighted by atomic mass is 10.1. The number of hydrogen-bond donors (Lipinski definition) is 1. The minimum atomic E-state index is -0.549. The van der Waals surface area contributed by atoms with Crippen LogP contribution in [-0.4, -0.2) is 0 Å². The Balaban J connectivity index is 1.75. The van der Waals surface area contributed by atoms with Crippen molar-refractivity contribution in [3.05, 3.63) is 70.6 Å². The van der Waals surface area contributed by atoms with Gasteiger partial charge in [-0.2, -0.15) is 0 Å². The molecule has 108 valence electrons. The average molecular weight is 303 g/mol. The number of halogens is 2. The third-order valence-corrected chi connectivity index (χ3v) is 4.60. The Kier molecular flexibility index (Phi) is 3.99.